The first-order chi connectivity index (χ1) is 12.9. The Morgan fingerprint density at radius 3 is 2.56 bits per heavy atom. The number of aryl methyl sites for hydroxylation is 1. The molecule has 1 saturated heterocycles. The van der Waals surface area contributed by atoms with Crippen LogP contribution in [0, 0.1) is 0 Å². The van der Waals surface area contributed by atoms with E-state index < -0.39 is 22.8 Å². The fourth-order valence-electron chi connectivity index (χ4n) is 2.34. The molecular formula is C19H20N2O3S. The summed E-state index contributed by atoms with van der Waals surface area (Å²) in [5.74, 6) is 0.0104. The highest BCUT2D eigenvalue weighted by Crippen LogP contribution is 2.23. The molecule has 1 atom stereocenters. The third-order valence-electron chi connectivity index (χ3n) is 3.76. The van der Waals surface area contributed by atoms with Crippen LogP contribution < -0.4 is 10.1 Å². The van der Waals surface area contributed by atoms with Crippen LogP contribution in [0.4, 0.5) is 4.79 Å². The SMILES string of the molecule is [2H]C([2H])(c1ccc(OCCc2ccc(CC)cn2)cc1)C1SC(=O)NC1=O. The molecule has 1 fully saturated rings. The van der Waals surface area contributed by atoms with Crippen molar-refractivity contribution in [2.75, 3.05) is 6.61 Å². The van der Waals surface area contributed by atoms with Crippen molar-refractivity contribution in [1.82, 2.24) is 10.3 Å². The smallest absolute Gasteiger partial charge is 0.286 e. The van der Waals surface area contributed by atoms with Gasteiger partial charge in [0.1, 0.15) is 5.75 Å². The molecule has 0 radical (unpaired) electrons. The first kappa shape index (κ1) is 15.0. The summed E-state index contributed by atoms with van der Waals surface area (Å²) in [6.07, 6.45) is 1.55. The molecule has 0 bridgehead atoms. The van der Waals surface area contributed by atoms with Gasteiger partial charge in [0.15, 0.2) is 0 Å². The maximum absolute atomic E-state index is 11.8. The minimum Gasteiger partial charge on any atom is -0.493 e. The van der Waals surface area contributed by atoms with Crippen LogP contribution in [0.5, 0.6) is 5.75 Å². The molecule has 2 heterocycles. The molecule has 0 spiro atoms. The van der Waals surface area contributed by atoms with Crippen LogP contribution in [0.1, 0.15) is 26.5 Å². The van der Waals surface area contributed by atoms with Gasteiger partial charge in [-0.3, -0.25) is 19.9 Å². The minimum absolute atomic E-state index is 0.328. The Bertz CT molecular complexity index is 826. The van der Waals surface area contributed by atoms with Crippen LogP contribution >= 0.6 is 11.8 Å². The van der Waals surface area contributed by atoms with Crippen LogP contribution in [0.3, 0.4) is 0 Å². The number of amides is 2. The molecule has 1 N–H and O–H groups in total. The van der Waals surface area contributed by atoms with Crippen LogP contribution in [0.25, 0.3) is 0 Å². The van der Waals surface area contributed by atoms with Crippen molar-refractivity contribution in [2.45, 2.75) is 31.4 Å². The first-order valence-corrected chi connectivity index (χ1v) is 8.96. The zero-order chi connectivity index (χ0) is 19.4. The largest absolute Gasteiger partial charge is 0.493 e. The lowest BCUT2D eigenvalue weighted by Crippen LogP contribution is -2.25. The number of ether oxygens (including phenoxy) is 1. The molecule has 1 aromatic heterocycles. The topological polar surface area (TPSA) is 68.3 Å². The molecule has 2 aromatic rings. The highest BCUT2D eigenvalue weighted by Gasteiger charge is 2.31. The third-order valence-corrected chi connectivity index (χ3v) is 4.65. The molecule has 3 rings (SSSR count). The van der Waals surface area contributed by atoms with Crippen molar-refractivity contribution in [3.63, 3.8) is 0 Å². The Labute approximate surface area is 154 Å². The van der Waals surface area contributed by atoms with Gasteiger partial charge in [-0.15, -0.1) is 0 Å². The maximum atomic E-state index is 11.8. The number of hydrogen-bond acceptors (Lipinski definition) is 5. The van der Waals surface area contributed by atoms with Crippen molar-refractivity contribution in [1.29, 1.82) is 0 Å². The van der Waals surface area contributed by atoms with E-state index in [1.165, 1.54) is 5.56 Å². The molecule has 1 aromatic carbocycles. The summed E-state index contributed by atoms with van der Waals surface area (Å²) in [5, 5.41) is 0.511. The molecule has 6 heteroatoms. The number of thioether (sulfide) groups is 1. The summed E-state index contributed by atoms with van der Waals surface area (Å²) in [6.45, 7) is 2.54. The second kappa shape index (κ2) is 8.16. The molecule has 130 valence electrons. The molecule has 0 saturated carbocycles. The molecule has 1 unspecified atom stereocenters. The number of imide groups is 1. The number of benzene rings is 1. The molecule has 2 amide bonds. The van der Waals surface area contributed by atoms with E-state index in [4.69, 9.17) is 7.48 Å². The lowest BCUT2D eigenvalue weighted by atomic mass is 10.1. The lowest BCUT2D eigenvalue weighted by molar-refractivity contribution is -0.118. The van der Waals surface area contributed by atoms with Gasteiger partial charge in [-0.05, 0) is 42.1 Å². The zero-order valence-electron chi connectivity index (χ0n) is 15.8. The predicted octanol–water partition coefficient (Wildman–Crippen LogP) is 3.16. The number of hydrogen-bond donors (Lipinski definition) is 1. The molecule has 1 aliphatic heterocycles. The van der Waals surface area contributed by atoms with Gasteiger partial charge in [0.05, 0.1) is 11.9 Å². The minimum atomic E-state index is -1.95. The number of nitrogens with zero attached hydrogens (tertiary/aromatic N) is 1. The average Bonchev–Trinajstić information content (AvgIpc) is 3.02. The second-order valence-electron chi connectivity index (χ2n) is 5.55. The van der Waals surface area contributed by atoms with Gasteiger partial charge >= 0.3 is 0 Å². The Hall–Kier alpha value is -2.34. The van der Waals surface area contributed by atoms with Crippen molar-refractivity contribution in [3.8, 4) is 5.75 Å². The van der Waals surface area contributed by atoms with E-state index >= 15 is 0 Å². The summed E-state index contributed by atoms with van der Waals surface area (Å²) in [6, 6.07) is 10.5. The normalized spacial score (nSPS) is 18.5. The summed E-state index contributed by atoms with van der Waals surface area (Å²) in [4.78, 5) is 27.5. The summed E-state index contributed by atoms with van der Waals surface area (Å²) >= 11 is 0.681. The fraction of sp³-hybridized carbons (Fsp3) is 0.316. The van der Waals surface area contributed by atoms with Crippen molar-refractivity contribution in [2.24, 2.45) is 0 Å². The van der Waals surface area contributed by atoms with Crippen LogP contribution in [-0.4, -0.2) is 28.0 Å². The van der Waals surface area contributed by atoms with Gasteiger partial charge in [-0.2, -0.15) is 0 Å². The monoisotopic (exact) mass is 358 g/mol. The van der Waals surface area contributed by atoms with E-state index in [9.17, 15) is 9.59 Å². The standard InChI is InChI=1S/C19H20N2O3S/c1-2-13-3-6-15(20-12-13)9-10-24-16-7-4-14(5-8-16)11-17-18(22)21-19(23)25-17/h3-8,12,17H,2,9-11H2,1H3,(H,21,22,23)/i11D2. The average molecular weight is 358 g/mol. The fourth-order valence-corrected chi connectivity index (χ4v) is 3.07. The molecule has 25 heavy (non-hydrogen) atoms. The van der Waals surface area contributed by atoms with Gasteiger partial charge < -0.3 is 4.74 Å². The van der Waals surface area contributed by atoms with E-state index in [0.717, 1.165) is 12.1 Å². The summed E-state index contributed by atoms with van der Waals surface area (Å²) < 4.78 is 22.1. The Kier molecular flexibility index (Phi) is 4.88. The second-order valence-corrected chi connectivity index (χ2v) is 6.63. The quantitative estimate of drug-likeness (QED) is 0.823. The predicted molar refractivity (Wildman–Crippen MR) is 97.9 cm³/mol. The van der Waals surface area contributed by atoms with Crippen LogP contribution in [-0.2, 0) is 24.0 Å². The Balaban J connectivity index is 1.58. The van der Waals surface area contributed by atoms with Gasteiger partial charge in [0.25, 0.3) is 5.24 Å². The zero-order valence-corrected chi connectivity index (χ0v) is 14.6. The Morgan fingerprint density at radius 1 is 1.20 bits per heavy atom. The van der Waals surface area contributed by atoms with E-state index in [1.54, 1.807) is 24.3 Å². The number of carbonyl (C=O) groups excluding carboxylic acids is 2. The highest BCUT2D eigenvalue weighted by molar-refractivity contribution is 8.15. The number of carbonyl (C=O) groups is 2. The molecular weight excluding hydrogens is 336 g/mol. The number of nitrogens with one attached hydrogen (secondary N) is 1. The van der Waals surface area contributed by atoms with E-state index in [1.807, 2.05) is 12.3 Å². The summed E-state index contributed by atoms with van der Waals surface area (Å²) in [5.41, 5.74) is 2.48. The van der Waals surface area contributed by atoms with Gasteiger partial charge in [0.2, 0.25) is 5.91 Å². The Morgan fingerprint density at radius 2 is 1.96 bits per heavy atom. The number of pyridine rings is 1. The van der Waals surface area contributed by atoms with E-state index in [0.29, 0.717) is 36.1 Å². The number of rotatable bonds is 7. The van der Waals surface area contributed by atoms with Crippen molar-refractivity contribution in [3.05, 3.63) is 59.4 Å². The van der Waals surface area contributed by atoms with E-state index in [-0.39, 0.29) is 0 Å². The maximum Gasteiger partial charge on any atom is 0.286 e. The van der Waals surface area contributed by atoms with Crippen molar-refractivity contribution < 1.29 is 17.1 Å². The highest BCUT2D eigenvalue weighted by atomic mass is 32.2. The van der Waals surface area contributed by atoms with Crippen LogP contribution in [0.2, 0.25) is 0 Å². The number of aromatic nitrogens is 1. The molecule has 5 nitrogen and oxygen atoms in total. The molecule has 0 aliphatic carbocycles. The van der Waals surface area contributed by atoms with Crippen molar-refractivity contribution >= 4 is 22.9 Å². The van der Waals surface area contributed by atoms with Gasteiger partial charge in [-0.1, -0.05) is 36.9 Å². The lowest BCUT2D eigenvalue weighted by Gasteiger charge is -2.09. The first-order valence-electron chi connectivity index (χ1n) is 9.08. The summed E-state index contributed by atoms with van der Waals surface area (Å²) in [7, 11) is 0. The van der Waals surface area contributed by atoms with E-state index in [2.05, 4.69) is 23.3 Å². The third kappa shape index (κ3) is 4.82. The van der Waals surface area contributed by atoms with Gasteiger partial charge in [-0.25, -0.2) is 0 Å². The van der Waals surface area contributed by atoms with Gasteiger partial charge in [0, 0.05) is 21.1 Å². The molecule has 1 aliphatic rings. The van der Waals surface area contributed by atoms with Crippen LogP contribution in [0.15, 0.2) is 42.6 Å².